The summed E-state index contributed by atoms with van der Waals surface area (Å²) in [6.45, 7) is 3.54. The number of benzene rings is 2. The molecule has 4 heterocycles. The van der Waals surface area contributed by atoms with Crippen LogP contribution in [0.25, 0.3) is 44.8 Å². The number of methoxy groups -OCH3 is 1. The van der Waals surface area contributed by atoms with E-state index in [4.69, 9.17) is 20.4 Å². The first kappa shape index (κ1) is 30.1. The molecule has 3 aromatic heterocycles. The van der Waals surface area contributed by atoms with Gasteiger partial charge in [-0.15, -0.1) is 0 Å². The summed E-state index contributed by atoms with van der Waals surface area (Å²) in [5.74, 6) is 2.36. The van der Waals surface area contributed by atoms with Crippen molar-refractivity contribution in [2.75, 3.05) is 19.9 Å². The second kappa shape index (κ2) is 10.9. The molecule has 8 rings (SSSR count). The van der Waals surface area contributed by atoms with Gasteiger partial charge in [0.1, 0.15) is 16.9 Å². The topological polar surface area (TPSA) is 125 Å². The molecule has 5 aromatic rings. The summed E-state index contributed by atoms with van der Waals surface area (Å²) in [4.78, 5) is 26.0. The molecule has 0 spiro atoms. The minimum absolute atomic E-state index is 0.0139. The molecule has 2 N–H and O–H groups in total. The van der Waals surface area contributed by atoms with Crippen LogP contribution >= 0.6 is 0 Å². The number of hydrogen-bond acceptors (Lipinski definition) is 7. The molecule has 2 bridgehead atoms. The molecule has 244 valence electrons. The van der Waals surface area contributed by atoms with Gasteiger partial charge in [0.15, 0.2) is 15.7 Å². The third-order valence-electron chi connectivity index (χ3n) is 10.4. The number of carbonyl (C=O) groups excluding carboxylic acids is 1. The van der Waals surface area contributed by atoms with Crippen molar-refractivity contribution < 1.29 is 17.9 Å². The zero-order chi connectivity index (χ0) is 32.8. The molecule has 3 aliphatic rings. The monoisotopic (exact) mass is 652 g/mol. The highest BCUT2D eigenvalue weighted by molar-refractivity contribution is 7.89. The number of ether oxygens (including phenoxy) is 1. The maximum atomic E-state index is 13.7. The molecule has 2 unspecified atom stereocenters. The number of piperidine rings is 1. The lowest BCUT2D eigenvalue weighted by molar-refractivity contribution is 0.0700. The Bertz CT molecular complexity index is 2200. The predicted octanol–water partition coefficient (Wildman–Crippen LogP) is 5.09. The molecule has 3 fully saturated rings. The van der Waals surface area contributed by atoms with Crippen LogP contribution in [-0.4, -0.2) is 70.3 Å². The summed E-state index contributed by atoms with van der Waals surface area (Å²) in [5, 5.41) is 1.02. The SMILES string of the molecule is COc1cc(C(=O)N2CC3CCC2[C@@H]3N)cc2nc(-c3cc4ccc(-c5ccc(CS(C)(=O)=O)cc5C)nc4n3CC3CC3)n(C)c12. The van der Waals surface area contributed by atoms with Crippen LogP contribution in [0.5, 0.6) is 5.75 Å². The zero-order valence-electron chi connectivity index (χ0n) is 27.2. The van der Waals surface area contributed by atoms with Gasteiger partial charge in [0.05, 0.1) is 29.8 Å². The highest BCUT2D eigenvalue weighted by Gasteiger charge is 2.47. The molecule has 2 aromatic carbocycles. The standard InChI is InChI=1S/C36H40N6O4S/c1-20-13-22(19-47(4,44)45)7-10-26(20)27-11-8-23-15-30(41(34(23)38-27)17-21-5-6-21)35-39-28-14-25(16-31(46-3)33(28)40(35)2)36(43)42-18-24-9-12-29(42)32(24)37/h7-8,10-11,13-16,21,24,29,32H,5-6,9,12,17-19,37H2,1-4H3/t24?,29?,32-/m1/s1. The van der Waals surface area contributed by atoms with Crippen LogP contribution in [0.4, 0.5) is 0 Å². The number of sulfone groups is 1. The Kier molecular flexibility index (Phi) is 7.00. The van der Waals surface area contributed by atoms with Crippen LogP contribution in [0, 0.1) is 18.8 Å². The first-order chi connectivity index (χ1) is 22.5. The van der Waals surface area contributed by atoms with Gasteiger partial charge in [0, 0.05) is 55.0 Å². The number of fused-ring (bicyclic) bond motifs is 4. The Morgan fingerprint density at radius 1 is 1.04 bits per heavy atom. The minimum Gasteiger partial charge on any atom is -0.494 e. The number of likely N-dealkylation sites (tertiary alicyclic amines) is 1. The fraction of sp³-hybridized carbons (Fsp3) is 0.417. The number of pyridine rings is 1. The second-order valence-electron chi connectivity index (χ2n) is 13.9. The third-order valence-corrected chi connectivity index (χ3v) is 11.3. The highest BCUT2D eigenvalue weighted by Crippen LogP contribution is 2.40. The van der Waals surface area contributed by atoms with E-state index in [1.54, 1.807) is 7.11 Å². The number of rotatable bonds is 8. The number of amides is 1. The third kappa shape index (κ3) is 5.20. The Hall–Kier alpha value is -4.22. The van der Waals surface area contributed by atoms with Crippen molar-refractivity contribution in [2.45, 2.75) is 57.0 Å². The fourth-order valence-electron chi connectivity index (χ4n) is 7.88. The van der Waals surface area contributed by atoms with Crippen molar-refractivity contribution in [3.63, 3.8) is 0 Å². The molecule has 47 heavy (non-hydrogen) atoms. The van der Waals surface area contributed by atoms with Crippen molar-refractivity contribution >= 4 is 37.8 Å². The molecule has 2 aliphatic carbocycles. The van der Waals surface area contributed by atoms with E-state index in [9.17, 15) is 13.2 Å². The van der Waals surface area contributed by atoms with Crippen molar-refractivity contribution in [3.05, 3.63) is 65.2 Å². The van der Waals surface area contributed by atoms with Crippen molar-refractivity contribution in [2.24, 2.45) is 24.6 Å². The largest absolute Gasteiger partial charge is 0.494 e. The minimum atomic E-state index is -3.13. The fourth-order valence-corrected chi connectivity index (χ4v) is 8.66. The Morgan fingerprint density at radius 2 is 1.85 bits per heavy atom. The van der Waals surface area contributed by atoms with Gasteiger partial charge < -0.3 is 24.5 Å². The highest BCUT2D eigenvalue weighted by atomic mass is 32.2. The number of hydrogen-bond donors (Lipinski definition) is 1. The van der Waals surface area contributed by atoms with Gasteiger partial charge >= 0.3 is 0 Å². The molecular formula is C36H40N6O4S. The molecule has 3 atom stereocenters. The quantitative estimate of drug-likeness (QED) is 0.248. The van der Waals surface area contributed by atoms with Gasteiger partial charge in [-0.2, -0.15) is 0 Å². The molecule has 11 heteroatoms. The number of carbonyl (C=O) groups is 1. The molecule has 1 saturated heterocycles. The summed E-state index contributed by atoms with van der Waals surface area (Å²) in [6.07, 6.45) is 5.67. The van der Waals surface area contributed by atoms with E-state index in [1.807, 2.05) is 55.3 Å². The van der Waals surface area contributed by atoms with Crippen LogP contribution in [0.2, 0.25) is 0 Å². The van der Waals surface area contributed by atoms with Gasteiger partial charge in [-0.25, -0.2) is 18.4 Å². The normalized spacial score (nSPS) is 21.0. The maximum absolute atomic E-state index is 13.7. The summed E-state index contributed by atoms with van der Waals surface area (Å²) in [7, 11) is 0.500. The maximum Gasteiger partial charge on any atom is 0.254 e. The average Bonchev–Trinajstić information content (AvgIpc) is 3.44. The Morgan fingerprint density at radius 3 is 2.51 bits per heavy atom. The summed E-state index contributed by atoms with van der Waals surface area (Å²) < 4.78 is 33.9. The lowest BCUT2D eigenvalue weighted by Crippen LogP contribution is -2.41. The van der Waals surface area contributed by atoms with E-state index in [0.717, 1.165) is 69.8 Å². The molecule has 10 nitrogen and oxygen atoms in total. The van der Waals surface area contributed by atoms with Gasteiger partial charge in [0.25, 0.3) is 5.91 Å². The number of nitrogens with zero attached hydrogens (tertiary/aromatic N) is 5. The smallest absolute Gasteiger partial charge is 0.254 e. The van der Waals surface area contributed by atoms with Crippen molar-refractivity contribution in [1.29, 1.82) is 0 Å². The van der Waals surface area contributed by atoms with Crippen LogP contribution in [0.1, 0.15) is 47.2 Å². The van der Waals surface area contributed by atoms with E-state index in [0.29, 0.717) is 35.2 Å². The van der Waals surface area contributed by atoms with Crippen LogP contribution in [-0.2, 0) is 29.2 Å². The van der Waals surface area contributed by atoms with Gasteiger partial charge in [-0.3, -0.25) is 4.79 Å². The molecule has 2 saturated carbocycles. The first-order valence-corrected chi connectivity index (χ1v) is 18.4. The summed E-state index contributed by atoms with van der Waals surface area (Å²) in [6, 6.07) is 15.9. The Labute approximate surface area is 274 Å². The Balaban J connectivity index is 1.21. The number of nitrogens with two attached hydrogens (primary N) is 1. The van der Waals surface area contributed by atoms with E-state index in [-0.39, 0.29) is 23.7 Å². The van der Waals surface area contributed by atoms with Crippen molar-refractivity contribution in [1.82, 2.24) is 24.0 Å². The lowest BCUT2D eigenvalue weighted by atomic mass is 10.0. The molecule has 1 aliphatic heterocycles. The first-order valence-electron chi connectivity index (χ1n) is 16.4. The number of imidazole rings is 1. The van der Waals surface area contributed by atoms with Gasteiger partial charge in [0.2, 0.25) is 0 Å². The molecular weight excluding hydrogens is 613 g/mol. The van der Waals surface area contributed by atoms with Crippen LogP contribution in [0.3, 0.4) is 0 Å². The van der Waals surface area contributed by atoms with Crippen molar-refractivity contribution in [3.8, 4) is 28.5 Å². The summed E-state index contributed by atoms with van der Waals surface area (Å²) in [5.41, 5.74) is 14.0. The summed E-state index contributed by atoms with van der Waals surface area (Å²) >= 11 is 0. The molecule has 0 radical (unpaired) electrons. The van der Waals surface area contributed by atoms with E-state index in [2.05, 4.69) is 21.3 Å². The van der Waals surface area contributed by atoms with E-state index >= 15 is 0 Å². The molecule has 1 amide bonds. The lowest BCUT2D eigenvalue weighted by Gasteiger charge is -2.27. The van der Waals surface area contributed by atoms with E-state index < -0.39 is 9.84 Å². The number of aromatic nitrogens is 4. The predicted molar refractivity (Wildman–Crippen MR) is 183 cm³/mol. The zero-order valence-corrected chi connectivity index (χ0v) is 28.0. The van der Waals surface area contributed by atoms with Gasteiger partial charge in [-0.1, -0.05) is 18.2 Å². The van der Waals surface area contributed by atoms with Crippen LogP contribution in [0.15, 0.2) is 48.5 Å². The average molecular weight is 653 g/mol. The van der Waals surface area contributed by atoms with Gasteiger partial charge in [-0.05, 0) is 85.9 Å². The number of aryl methyl sites for hydroxylation is 2. The van der Waals surface area contributed by atoms with Crippen LogP contribution < -0.4 is 10.5 Å². The second-order valence-corrected chi connectivity index (χ2v) is 16.0. The van der Waals surface area contributed by atoms with E-state index in [1.165, 1.54) is 19.1 Å².